The standard InChI is InChI=1S/C21H43NO2.C8H16O.C7H17NO2S.C5H12O.C5H12/c1-3-4-5-6-7-8-9-10-11-12-13-14-15-18-21(23)22-19-16-17-20-24-2;1-5-8(3,4)6-7(2)9;1-5-7(2,3)6-8-11(4,9)10;1-4-5(2,3)6;1-4-5(2)3/h3-20H2,1-2H3,(H,22,23);5-6H2,1-4H3;8H,5-6H2,1-4H3;6H,4H2,1-3H3;5H,4H2,1-3H3. The molecule has 0 heterocycles. The number of carbonyl (C=O) groups is 2. The van der Waals surface area contributed by atoms with E-state index >= 15 is 0 Å². The minimum atomic E-state index is -3.02. The first kappa shape index (κ1) is 63.1. The van der Waals surface area contributed by atoms with E-state index in [-0.39, 0.29) is 16.7 Å². The minimum Gasteiger partial charge on any atom is -0.390 e. The topological polar surface area (TPSA) is 122 Å². The van der Waals surface area contributed by atoms with Crippen LogP contribution in [-0.4, -0.2) is 63.9 Å². The van der Waals surface area contributed by atoms with Crippen molar-refractivity contribution in [2.75, 3.05) is 33.1 Å². The van der Waals surface area contributed by atoms with Gasteiger partial charge in [-0.1, -0.05) is 166 Å². The lowest BCUT2D eigenvalue weighted by Gasteiger charge is -2.21. The first-order chi connectivity index (χ1) is 25.4. The smallest absolute Gasteiger partial charge is 0.219 e. The number of hydrogen-bond donors (Lipinski definition) is 3. The van der Waals surface area contributed by atoms with E-state index in [9.17, 15) is 18.0 Å². The number of ether oxygens (including phenoxy) is 1. The molecule has 0 radical (unpaired) electrons. The Bertz CT molecular complexity index is 927. The fourth-order valence-corrected chi connectivity index (χ4v) is 4.89. The molecule has 0 atom stereocenters. The summed E-state index contributed by atoms with van der Waals surface area (Å²) < 4.78 is 28.8. The summed E-state index contributed by atoms with van der Waals surface area (Å²) in [5.74, 6) is 1.40. The number of amides is 1. The molecular formula is C46H100N2O6S. The molecule has 0 rings (SSSR count). The van der Waals surface area contributed by atoms with Gasteiger partial charge < -0.3 is 20.0 Å². The monoisotopic (exact) mass is 809 g/mol. The Morgan fingerprint density at radius 2 is 1.07 bits per heavy atom. The van der Waals surface area contributed by atoms with Gasteiger partial charge in [-0.25, -0.2) is 13.1 Å². The molecule has 0 aliphatic heterocycles. The number of unbranched alkanes of at least 4 members (excludes halogenated alkanes) is 13. The van der Waals surface area contributed by atoms with E-state index in [0.717, 1.165) is 57.6 Å². The van der Waals surface area contributed by atoms with Crippen LogP contribution in [0.2, 0.25) is 0 Å². The molecular weight excluding hydrogens is 709 g/mol. The minimum absolute atomic E-state index is 0.0586. The van der Waals surface area contributed by atoms with Gasteiger partial charge in [0.05, 0.1) is 11.9 Å². The number of ketones is 1. The predicted molar refractivity (Wildman–Crippen MR) is 242 cm³/mol. The van der Waals surface area contributed by atoms with Gasteiger partial charge in [-0.15, -0.1) is 0 Å². The highest BCUT2D eigenvalue weighted by molar-refractivity contribution is 7.88. The van der Waals surface area contributed by atoms with Crippen LogP contribution in [0.15, 0.2) is 0 Å². The molecule has 336 valence electrons. The van der Waals surface area contributed by atoms with Crippen LogP contribution in [0, 0.1) is 16.7 Å². The third-order valence-corrected chi connectivity index (χ3v) is 10.4. The fourth-order valence-electron chi connectivity index (χ4n) is 4.24. The van der Waals surface area contributed by atoms with E-state index in [2.05, 4.69) is 58.5 Å². The second-order valence-corrected chi connectivity index (χ2v) is 19.9. The fraction of sp³-hybridized carbons (Fsp3) is 0.957. The number of hydrogen-bond acceptors (Lipinski definition) is 6. The van der Waals surface area contributed by atoms with Crippen molar-refractivity contribution in [3.63, 3.8) is 0 Å². The molecule has 8 nitrogen and oxygen atoms in total. The van der Waals surface area contributed by atoms with E-state index in [1.165, 1.54) is 89.7 Å². The first-order valence-corrected chi connectivity index (χ1v) is 24.2. The maximum atomic E-state index is 11.6. The van der Waals surface area contributed by atoms with Crippen LogP contribution in [0.3, 0.4) is 0 Å². The number of Topliss-reactive ketones (excluding diaryl/α,β-unsaturated/α-hetero) is 1. The van der Waals surface area contributed by atoms with E-state index in [0.29, 0.717) is 25.2 Å². The third kappa shape index (κ3) is 71.2. The Labute approximate surface area is 345 Å². The number of carbonyl (C=O) groups excluding carboxylic acids is 2. The average molecular weight is 809 g/mol. The number of aliphatic hydroxyl groups is 1. The highest BCUT2D eigenvalue weighted by atomic mass is 32.2. The van der Waals surface area contributed by atoms with Crippen molar-refractivity contribution in [1.82, 2.24) is 10.0 Å². The average Bonchev–Trinajstić information content (AvgIpc) is 3.09. The molecule has 0 fully saturated rings. The number of nitrogens with one attached hydrogen (secondary N) is 2. The Kier molecular flexibility index (Phi) is 47.2. The Morgan fingerprint density at radius 3 is 1.36 bits per heavy atom. The maximum Gasteiger partial charge on any atom is 0.219 e. The van der Waals surface area contributed by atoms with Crippen molar-refractivity contribution in [2.45, 2.75) is 237 Å². The normalized spacial score (nSPS) is 11.5. The lowest BCUT2D eigenvalue weighted by atomic mass is 9.85. The van der Waals surface area contributed by atoms with Crippen LogP contribution in [0.4, 0.5) is 0 Å². The lowest BCUT2D eigenvalue weighted by Crippen LogP contribution is -2.32. The zero-order chi connectivity index (χ0) is 43.8. The van der Waals surface area contributed by atoms with Crippen LogP contribution < -0.4 is 10.0 Å². The van der Waals surface area contributed by atoms with Gasteiger partial charge in [-0.3, -0.25) is 4.79 Å². The molecule has 0 spiro atoms. The summed E-state index contributed by atoms with van der Waals surface area (Å²) in [5, 5.41) is 11.8. The summed E-state index contributed by atoms with van der Waals surface area (Å²) in [6.07, 6.45) is 26.3. The summed E-state index contributed by atoms with van der Waals surface area (Å²) in [6, 6.07) is 0. The number of methoxy groups -OCH3 is 1. The number of sulfonamides is 1. The zero-order valence-electron chi connectivity index (χ0n) is 39.9. The van der Waals surface area contributed by atoms with Crippen LogP contribution in [0.1, 0.15) is 232 Å². The molecule has 0 bridgehead atoms. The van der Waals surface area contributed by atoms with Crippen molar-refractivity contribution in [1.29, 1.82) is 0 Å². The largest absolute Gasteiger partial charge is 0.390 e. The zero-order valence-corrected chi connectivity index (χ0v) is 40.8. The van der Waals surface area contributed by atoms with Gasteiger partial charge in [0.25, 0.3) is 0 Å². The summed E-state index contributed by atoms with van der Waals surface area (Å²) in [7, 11) is -1.30. The SMILES string of the molecule is CCC(C)(C)CC(C)=O.CCC(C)(C)CNS(C)(=O)=O.CCC(C)(C)O.CCC(C)C.CCCCCCCCCCCCCCCC(=O)NCCCCOC. The van der Waals surface area contributed by atoms with Crippen molar-refractivity contribution < 1.29 is 27.9 Å². The molecule has 0 aliphatic carbocycles. The molecule has 3 N–H and O–H groups in total. The van der Waals surface area contributed by atoms with Crippen LogP contribution >= 0.6 is 0 Å². The van der Waals surface area contributed by atoms with Crippen molar-refractivity contribution in [2.24, 2.45) is 16.7 Å². The van der Waals surface area contributed by atoms with Crippen molar-refractivity contribution in [3.8, 4) is 0 Å². The Morgan fingerprint density at radius 1 is 0.673 bits per heavy atom. The molecule has 55 heavy (non-hydrogen) atoms. The number of rotatable bonds is 28. The van der Waals surface area contributed by atoms with Gasteiger partial charge in [0, 0.05) is 39.6 Å². The van der Waals surface area contributed by atoms with Gasteiger partial charge in [-0.2, -0.15) is 0 Å². The summed E-state index contributed by atoms with van der Waals surface area (Å²) in [4.78, 5) is 22.3. The second kappa shape index (κ2) is 41.1. The second-order valence-electron chi connectivity index (χ2n) is 18.0. The molecule has 9 heteroatoms. The highest BCUT2D eigenvalue weighted by Gasteiger charge is 2.17. The van der Waals surface area contributed by atoms with E-state index in [4.69, 9.17) is 9.84 Å². The molecule has 0 aromatic rings. The van der Waals surface area contributed by atoms with Crippen molar-refractivity contribution in [3.05, 3.63) is 0 Å². The maximum absolute atomic E-state index is 11.6. The van der Waals surface area contributed by atoms with E-state index < -0.39 is 15.6 Å². The molecule has 1 amide bonds. The van der Waals surface area contributed by atoms with Gasteiger partial charge in [-0.05, 0) is 69.6 Å². The molecule has 0 aromatic heterocycles. The van der Waals surface area contributed by atoms with Crippen LogP contribution in [0.25, 0.3) is 0 Å². The third-order valence-electron chi connectivity index (χ3n) is 9.74. The van der Waals surface area contributed by atoms with Gasteiger partial charge in [0.1, 0.15) is 5.78 Å². The van der Waals surface area contributed by atoms with Gasteiger partial charge >= 0.3 is 0 Å². The van der Waals surface area contributed by atoms with Crippen LogP contribution in [0.5, 0.6) is 0 Å². The quantitative estimate of drug-likeness (QED) is 0.0677. The van der Waals surface area contributed by atoms with E-state index in [1.54, 1.807) is 27.9 Å². The molecule has 0 saturated carbocycles. The lowest BCUT2D eigenvalue weighted by molar-refractivity contribution is -0.121. The summed E-state index contributed by atoms with van der Waals surface area (Å²) in [5.41, 5.74) is -0.186. The molecule has 0 aliphatic rings. The molecule has 0 saturated heterocycles. The predicted octanol–water partition coefficient (Wildman–Crippen LogP) is 12.6. The van der Waals surface area contributed by atoms with Gasteiger partial charge in [0.15, 0.2) is 0 Å². The van der Waals surface area contributed by atoms with Crippen LogP contribution in [-0.2, 0) is 24.3 Å². The summed E-state index contributed by atoms with van der Waals surface area (Å²) in [6.45, 7) is 30.7. The Balaban J connectivity index is -0.000000221. The first-order valence-electron chi connectivity index (χ1n) is 22.3. The van der Waals surface area contributed by atoms with Crippen molar-refractivity contribution >= 4 is 21.7 Å². The van der Waals surface area contributed by atoms with E-state index in [1.807, 2.05) is 27.7 Å². The summed E-state index contributed by atoms with van der Waals surface area (Å²) >= 11 is 0. The molecule has 0 unspecified atom stereocenters. The van der Waals surface area contributed by atoms with Gasteiger partial charge in [0.2, 0.25) is 15.9 Å². The highest BCUT2D eigenvalue weighted by Crippen LogP contribution is 2.24. The molecule has 0 aromatic carbocycles. The Hall–Kier alpha value is -1.03.